The van der Waals surface area contributed by atoms with Crippen molar-refractivity contribution >= 4 is 11.6 Å². The van der Waals surface area contributed by atoms with Crippen LogP contribution in [0.15, 0.2) is 42.5 Å². The molecule has 2 aromatic carbocycles. The summed E-state index contributed by atoms with van der Waals surface area (Å²) in [5.74, 6) is 0.742. The number of ether oxygens (including phenoxy) is 1. The zero-order valence-electron chi connectivity index (χ0n) is 15.6. The van der Waals surface area contributed by atoms with Crippen molar-refractivity contribution in [1.29, 1.82) is 0 Å². The highest BCUT2D eigenvalue weighted by atomic mass is 35.5. The van der Waals surface area contributed by atoms with Crippen molar-refractivity contribution in [2.45, 2.75) is 44.0 Å². The number of β-amino-alcohol motifs (C(OH)–C–C–N with tert-alkyl or cyclic N) is 1. The van der Waals surface area contributed by atoms with Gasteiger partial charge in [0.05, 0.1) is 12.2 Å². The lowest BCUT2D eigenvalue weighted by molar-refractivity contribution is -0.0587. The lowest BCUT2D eigenvalue weighted by Gasteiger charge is -2.46. The molecule has 2 N–H and O–H groups in total. The molecule has 1 fully saturated rings. The number of hydrogen-bond acceptors (Lipinski definition) is 4. The van der Waals surface area contributed by atoms with Crippen molar-refractivity contribution in [2.24, 2.45) is 0 Å². The Morgan fingerprint density at radius 2 is 1.89 bits per heavy atom. The molecule has 0 aromatic heterocycles. The summed E-state index contributed by atoms with van der Waals surface area (Å²) >= 11 is 6.05. The van der Waals surface area contributed by atoms with Gasteiger partial charge in [-0.2, -0.15) is 0 Å². The van der Waals surface area contributed by atoms with Gasteiger partial charge in [-0.1, -0.05) is 41.4 Å². The van der Waals surface area contributed by atoms with Crippen molar-refractivity contribution < 1.29 is 14.9 Å². The second kappa shape index (κ2) is 7.44. The van der Waals surface area contributed by atoms with E-state index in [-0.39, 0.29) is 5.60 Å². The number of rotatable bonds is 3. The van der Waals surface area contributed by atoms with Crippen LogP contribution in [0.4, 0.5) is 0 Å². The summed E-state index contributed by atoms with van der Waals surface area (Å²) in [6, 6.07) is 13.5. The van der Waals surface area contributed by atoms with Crippen molar-refractivity contribution in [3.63, 3.8) is 0 Å². The van der Waals surface area contributed by atoms with E-state index in [1.54, 1.807) is 12.1 Å². The third-order valence-corrected chi connectivity index (χ3v) is 6.12. The van der Waals surface area contributed by atoms with Crippen LogP contribution in [0, 0.1) is 6.92 Å². The molecule has 5 heteroatoms. The Bertz CT molecular complexity index is 800. The minimum atomic E-state index is -0.544. The predicted molar refractivity (Wildman–Crippen MR) is 106 cm³/mol. The number of aliphatic hydroxyl groups excluding tert-OH is 2. The normalized spacial score (nSPS) is 22.9. The number of nitrogens with zero attached hydrogens (tertiary/aromatic N) is 1. The Morgan fingerprint density at radius 1 is 1.19 bits per heavy atom. The van der Waals surface area contributed by atoms with E-state index in [1.165, 1.54) is 5.56 Å². The quantitative estimate of drug-likeness (QED) is 0.834. The molecule has 144 valence electrons. The van der Waals surface area contributed by atoms with E-state index in [2.05, 4.69) is 4.90 Å². The summed E-state index contributed by atoms with van der Waals surface area (Å²) in [5, 5.41) is 21.7. The summed E-state index contributed by atoms with van der Waals surface area (Å²) in [5.41, 5.74) is 2.60. The van der Waals surface area contributed by atoms with Crippen LogP contribution in [0.5, 0.6) is 5.75 Å². The Balaban J connectivity index is 1.39. The van der Waals surface area contributed by atoms with E-state index < -0.39 is 12.2 Å². The fourth-order valence-corrected chi connectivity index (χ4v) is 4.38. The number of piperidine rings is 1. The van der Waals surface area contributed by atoms with Crippen molar-refractivity contribution in [2.75, 3.05) is 19.6 Å². The molecule has 2 aliphatic heterocycles. The maximum atomic E-state index is 10.6. The van der Waals surface area contributed by atoms with Gasteiger partial charge in [-0.05, 0) is 43.5 Å². The van der Waals surface area contributed by atoms with Gasteiger partial charge >= 0.3 is 0 Å². The summed E-state index contributed by atoms with van der Waals surface area (Å²) in [7, 11) is 0. The zero-order chi connectivity index (χ0) is 19.0. The molecule has 2 aromatic rings. The molecule has 4 rings (SSSR count). The van der Waals surface area contributed by atoms with E-state index in [0.29, 0.717) is 18.0 Å². The lowest BCUT2D eigenvalue weighted by atomic mass is 9.81. The summed E-state index contributed by atoms with van der Waals surface area (Å²) in [4.78, 5) is 2.28. The average molecular weight is 388 g/mol. The molecular formula is C22H26ClNO3. The second-order valence-corrected chi connectivity index (χ2v) is 8.35. The lowest BCUT2D eigenvalue weighted by Crippen LogP contribution is -2.51. The monoisotopic (exact) mass is 387 g/mol. The SMILES string of the molecule is Cc1ccc([C@H](O)CN2CCC3(CC2)C[C@@H](O)c2cc(Cl)ccc2O3)cc1. The van der Waals surface area contributed by atoms with E-state index in [1.807, 2.05) is 37.3 Å². The number of aliphatic hydroxyl groups is 2. The molecular weight excluding hydrogens is 362 g/mol. The summed E-state index contributed by atoms with van der Waals surface area (Å²) in [6.45, 7) is 4.36. The van der Waals surface area contributed by atoms with E-state index in [9.17, 15) is 10.2 Å². The second-order valence-electron chi connectivity index (χ2n) is 7.91. The van der Waals surface area contributed by atoms with Gasteiger partial charge < -0.3 is 19.8 Å². The molecule has 2 aliphatic rings. The fourth-order valence-electron chi connectivity index (χ4n) is 4.20. The molecule has 0 unspecified atom stereocenters. The third-order valence-electron chi connectivity index (χ3n) is 5.88. The molecule has 1 saturated heterocycles. The molecule has 0 bridgehead atoms. The standard InChI is InChI=1S/C22H26ClNO3/c1-15-2-4-16(5-3-15)20(26)14-24-10-8-22(9-11-24)13-19(25)18-12-17(23)6-7-21(18)27-22/h2-7,12,19-20,25-26H,8-11,13-14H2,1H3/t19-,20-/m1/s1. The minimum absolute atomic E-state index is 0.328. The minimum Gasteiger partial charge on any atom is -0.487 e. The topological polar surface area (TPSA) is 52.9 Å². The summed E-state index contributed by atoms with van der Waals surface area (Å²) < 4.78 is 6.33. The Kier molecular flexibility index (Phi) is 5.17. The number of likely N-dealkylation sites (tertiary alicyclic amines) is 1. The van der Waals surface area contributed by atoms with Crippen molar-refractivity contribution in [3.05, 3.63) is 64.2 Å². The van der Waals surface area contributed by atoms with Gasteiger partial charge in [0, 0.05) is 36.6 Å². The largest absolute Gasteiger partial charge is 0.487 e. The molecule has 1 spiro atoms. The first-order chi connectivity index (χ1) is 12.9. The van der Waals surface area contributed by atoms with Crippen molar-refractivity contribution in [1.82, 2.24) is 4.90 Å². The van der Waals surface area contributed by atoms with Crippen LogP contribution >= 0.6 is 11.6 Å². The number of aryl methyl sites for hydroxylation is 1. The van der Waals surface area contributed by atoms with Gasteiger partial charge in [0.15, 0.2) is 0 Å². The van der Waals surface area contributed by atoms with Crippen LogP contribution in [-0.4, -0.2) is 40.3 Å². The Morgan fingerprint density at radius 3 is 2.59 bits per heavy atom. The molecule has 0 amide bonds. The highest BCUT2D eigenvalue weighted by Gasteiger charge is 2.43. The molecule has 0 saturated carbocycles. The maximum Gasteiger partial charge on any atom is 0.126 e. The number of hydrogen-bond donors (Lipinski definition) is 2. The van der Waals surface area contributed by atoms with Crippen LogP contribution in [0.2, 0.25) is 5.02 Å². The van der Waals surface area contributed by atoms with Crippen LogP contribution in [-0.2, 0) is 0 Å². The third kappa shape index (κ3) is 3.99. The Labute approximate surface area is 165 Å². The van der Waals surface area contributed by atoms with Gasteiger partial charge in [-0.25, -0.2) is 0 Å². The van der Waals surface area contributed by atoms with Gasteiger partial charge in [-0.15, -0.1) is 0 Å². The average Bonchev–Trinajstić information content (AvgIpc) is 2.65. The number of fused-ring (bicyclic) bond motifs is 1. The first-order valence-electron chi connectivity index (χ1n) is 9.58. The Hall–Kier alpha value is -1.59. The van der Waals surface area contributed by atoms with Crippen LogP contribution in [0.1, 0.15) is 48.2 Å². The molecule has 27 heavy (non-hydrogen) atoms. The first-order valence-corrected chi connectivity index (χ1v) is 9.95. The zero-order valence-corrected chi connectivity index (χ0v) is 16.3. The van der Waals surface area contributed by atoms with Crippen molar-refractivity contribution in [3.8, 4) is 5.75 Å². The van der Waals surface area contributed by atoms with Gasteiger partial charge in [-0.3, -0.25) is 0 Å². The van der Waals surface area contributed by atoms with Gasteiger partial charge in [0.1, 0.15) is 11.4 Å². The maximum absolute atomic E-state index is 10.6. The van der Waals surface area contributed by atoms with E-state index >= 15 is 0 Å². The highest BCUT2D eigenvalue weighted by molar-refractivity contribution is 6.30. The first kappa shape index (κ1) is 18.8. The molecule has 0 radical (unpaired) electrons. The van der Waals surface area contributed by atoms with Gasteiger partial charge in [0.25, 0.3) is 0 Å². The highest BCUT2D eigenvalue weighted by Crippen LogP contribution is 2.45. The predicted octanol–water partition coefficient (Wildman–Crippen LogP) is 4.03. The van der Waals surface area contributed by atoms with Crippen LogP contribution in [0.25, 0.3) is 0 Å². The van der Waals surface area contributed by atoms with E-state index in [0.717, 1.165) is 42.8 Å². The van der Waals surface area contributed by atoms with Crippen LogP contribution < -0.4 is 4.74 Å². The molecule has 0 aliphatic carbocycles. The molecule has 2 heterocycles. The number of halogens is 1. The molecule has 4 nitrogen and oxygen atoms in total. The smallest absolute Gasteiger partial charge is 0.126 e. The number of benzene rings is 2. The fraction of sp³-hybridized carbons (Fsp3) is 0.455. The summed E-state index contributed by atoms with van der Waals surface area (Å²) in [6.07, 6.45) is 1.24. The van der Waals surface area contributed by atoms with Gasteiger partial charge in [0.2, 0.25) is 0 Å². The van der Waals surface area contributed by atoms with E-state index in [4.69, 9.17) is 16.3 Å². The molecule has 2 atom stereocenters. The van der Waals surface area contributed by atoms with Crippen LogP contribution in [0.3, 0.4) is 0 Å².